The molecule has 2 heterocycles. The van der Waals surface area contributed by atoms with Crippen molar-refractivity contribution in [2.24, 2.45) is 0 Å². The van der Waals surface area contributed by atoms with Crippen LogP contribution in [0.15, 0.2) is 46.4 Å². The van der Waals surface area contributed by atoms with Gasteiger partial charge < -0.3 is 14.5 Å². The third-order valence-corrected chi connectivity index (χ3v) is 5.84. The Morgan fingerprint density at radius 3 is 2.74 bits per heavy atom. The predicted molar refractivity (Wildman–Crippen MR) is 121 cm³/mol. The van der Waals surface area contributed by atoms with Gasteiger partial charge in [-0.1, -0.05) is 23.7 Å². The lowest BCUT2D eigenvalue weighted by Gasteiger charge is -2.06. The molecule has 0 spiro atoms. The molecule has 0 aliphatic heterocycles. The van der Waals surface area contributed by atoms with Gasteiger partial charge in [0, 0.05) is 21.5 Å². The van der Waals surface area contributed by atoms with E-state index in [0.717, 1.165) is 16.0 Å². The normalized spacial score (nSPS) is 11.1. The first-order valence-electron chi connectivity index (χ1n) is 9.40. The van der Waals surface area contributed by atoms with E-state index in [9.17, 15) is 14.9 Å². The summed E-state index contributed by atoms with van der Waals surface area (Å²) in [4.78, 5) is 25.9. The second kappa shape index (κ2) is 9.65. The fourth-order valence-electron chi connectivity index (χ4n) is 2.85. The summed E-state index contributed by atoms with van der Waals surface area (Å²) in [5.41, 5.74) is 1.65. The van der Waals surface area contributed by atoms with Crippen LogP contribution in [0.3, 0.4) is 0 Å². The molecule has 0 radical (unpaired) electrons. The molecule has 158 valence electrons. The second-order valence-electron chi connectivity index (χ2n) is 6.54. The first-order valence-corrected chi connectivity index (χ1v) is 10.6. The standard InChI is InChI=1S/C23H19ClN2O4S/c1-4-29-23(28)20-13(2)14(3)31-22(20)26-21(27)16(12-25)11-18-8-9-19(30-18)15-6-5-7-17(24)10-15/h5-11H,4H2,1-3H3,(H,26,27)/b16-11+. The van der Waals surface area contributed by atoms with Gasteiger partial charge >= 0.3 is 5.97 Å². The number of anilines is 1. The number of halogens is 1. The molecule has 0 fully saturated rings. The van der Waals surface area contributed by atoms with Crippen LogP contribution in [0.4, 0.5) is 5.00 Å². The van der Waals surface area contributed by atoms with E-state index < -0.39 is 11.9 Å². The molecule has 2 aromatic heterocycles. The molecule has 31 heavy (non-hydrogen) atoms. The summed E-state index contributed by atoms with van der Waals surface area (Å²) in [7, 11) is 0. The maximum Gasteiger partial charge on any atom is 0.341 e. The van der Waals surface area contributed by atoms with Crippen molar-refractivity contribution in [3.8, 4) is 17.4 Å². The maximum absolute atomic E-state index is 12.7. The smallest absolute Gasteiger partial charge is 0.341 e. The molecule has 8 heteroatoms. The number of esters is 1. The molecule has 0 saturated carbocycles. The van der Waals surface area contributed by atoms with E-state index in [1.165, 1.54) is 17.4 Å². The van der Waals surface area contributed by atoms with E-state index in [1.54, 1.807) is 44.2 Å². The lowest BCUT2D eigenvalue weighted by Crippen LogP contribution is -2.16. The third-order valence-electron chi connectivity index (χ3n) is 4.48. The van der Waals surface area contributed by atoms with Gasteiger partial charge in [0.2, 0.25) is 0 Å². The molecule has 3 aromatic rings. The van der Waals surface area contributed by atoms with E-state index >= 15 is 0 Å². The fraction of sp³-hybridized carbons (Fsp3) is 0.174. The van der Waals surface area contributed by atoms with Crippen LogP contribution in [0.5, 0.6) is 0 Å². The minimum absolute atomic E-state index is 0.162. The number of hydrogen-bond acceptors (Lipinski definition) is 6. The molecule has 0 unspecified atom stereocenters. The summed E-state index contributed by atoms with van der Waals surface area (Å²) in [6.45, 7) is 5.56. The average molecular weight is 455 g/mol. The first-order chi connectivity index (χ1) is 14.8. The number of hydrogen-bond donors (Lipinski definition) is 1. The summed E-state index contributed by atoms with van der Waals surface area (Å²) in [5.74, 6) is -0.263. The van der Waals surface area contributed by atoms with Gasteiger partial charge in [-0.15, -0.1) is 11.3 Å². The van der Waals surface area contributed by atoms with Gasteiger partial charge in [-0.25, -0.2) is 4.79 Å². The Hall–Kier alpha value is -3.34. The van der Waals surface area contributed by atoms with Crippen molar-refractivity contribution < 1.29 is 18.7 Å². The van der Waals surface area contributed by atoms with Crippen molar-refractivity contribution in [2.45, 2.75) is 20.8 Å². The van der Waals surface area contributed by atoms with E-state index in [2.05, 4.69) is 5.32 Å². The van der Waals surface area contributed by atoms with Crippen LogP contribution < -0.4 is 5.32 Å². The van der Waals surface area contributed by atoms with Crippen LogP contribution in [0.2, 0.25) is 5.02 Å². The van der Waals surface area contributed by atoms with Gasteiger partial charge in [-0.3, -0.25) is 4.79 Å². The summed E-state index contributed by atoms with van der Waals surface area (Å²) in [5, 5.41) is 13.1. The Morgan fingerprint density at radius 2 is 2.06 bits per heavy atom. The van der Waals surface area contributed by atoms with E-state index in [4.69, 9.17) is 20.8 Å². The highest BCUT2D eigenvalue weighted by atomic mass is 35.5. The molecule has 1 aromatic carbocycles. The Bertz CT molecular complexity index is 1220. The minimum atomic E-state index is -0.644. The number of ether oxygens (including phenoxy) is 1. The molecule has 0 aliphatic carbocycles. The number of amides is 1. The van der Waals surface area contributed by atoms with Gasteiger partial charge in [0.1, 0.15) is 28.2 Å². The Kier molecular flexibility index (Phi) is 6.95. The van der Waals surface area contributed by atoms with Crippen LogP contribution in [0, 0.1) is 25.2 Å². The van der Waals surface area contributed by atoms with Crippen molar-refractivity contribution in [2.75, 3.05) is 11.9 Å². The van der Waals surface area contributed by atoms with Gasteiger partial charge in [0.05, 0.1) is 12.2 Å². The monoisotopic (exact) mass is 454 g/mol. The Morgan fingerprint density at radius 1 is 1.29 bits per heavy atom. The quantitative estimate of drug-likeness (QED) is 0.280. The Labute approximate surface area is 188 Å². The van der Waals surface area contributed by atoms with Crippen molar-refractivity contribution in [1.29, 1.82) is 5.26 Å². The average Bonchev–Trinajstić information content (AvgIpc) is 3.31. The highest BCUT2D eigenvalue weighted by Gasteiger charge is 2.23. The number of aryl methyl sites for hydroxylation is 1. The summed E-state index contributed by atoms with van der Waals surface area (Å²) in [6.07, 6.45) is 1.35. The van der Waals surface area contributed by atoms with Crippen LogP contribution >= 0.6 is 22.9 Å². The Balaban J connectivity index is 1.85. The number of thiophene rings is 1. The molecule has 3 rings (SSSR count). The molecular weight excluding hydrogens is 436 g/mol. The maximum atomic E-state index is 12.7. The molecule has 6 nitrogen and oxygen atoms in total. The van der Waals surface area contributed by atoms with Gasteiger partial charge in [0.25, 0.3) is 5.91 Å². The van der Waals surface area contributed by atoms with E-state index in [1.807, 2.05) is 19.1 Å². The highest BCUT2D eigenvalue weighted by molar-refractivity contribution is 7.16. The number of nitrogens with zero attached hydrogens (tertiary/aromatic N) is 1. The molecule has 0 saturated heterocycles. The fourth-order valence-corrected chi connectivity index (χ4v) is 4.09. The SMILES string of the molecule is CCOC(=O)c1c(NC(=O)/C(C#N)=C/c2ccc(-c3cccc(Cl)c3)o2)sc(C)c1C. The highest BCUT2D eigenvalue weighted by Crippen LogP contribution is 2.33. The number of furan rings is 1. The number of nitriles is 1. The topological polar surface area (TPSA) is 92.3 Å². The van der Waals surface area contributed by atoms with Crippen molar-refractivity contribution >= 4 is 45.9 Å². The molecule has 0 atom stereocenters. The summed E-state index contributed by atoms with van der Waals surface area (Å²) < 4.78 is 10.8. The number of nitrogens with one attached hydrogen (secondary N) is 1. The lowest BCUT2D eigenvalue weighted by atomic mass is 10.1. The van der Waals surface area contributed by atoms with Crippen molar-refractivity contribution in [3.05, 3.63) is 68.8 Å². The number of rotatable bonds is 6. The molecular formula is C23H19ClN2O4S. The summed E-state index contributed by atoms with van der Waals surface area (Å²) in [6, 6.07) is 12.4. The zero-order valence-corrected chi connectivity index (χ0v) is 18.7. The zero-order valence-electron chi connectivity index (χ0n) is 17.1. The molecule has 1 amide bonds. The predicted octanol–water partition coefficient (Wildman–Crippen LogP) is 6.00. The van der Waals surface area contributed by atoms with Crippen LogP contribution in [0.25, 0.3) is 17.4 Å². The van der Waals surface area contributed by atoms with Crippen LogP contribution in [-0.4, -0.2) is 18.5 Å². The van der Waals surface area contributed by atoms with Crippen LogP contribution in [0.1, 0.15) is 33.5 Å². The minimum Gasteiger partial charge on any atom is -0.462 e. The number of benzene rings is 1. The molecule has 1 N–H and O–H groups in total. The zero-order chi connectivity index (χ0) is 22.5. The van der Waals surface area contributed by atoms with Gasteiger partial charge in [0.15, 0.2) is 0 Å². The largest absolute Gasteiger partial charge is 0.462 e. The van der Waals surface area contributed by atoms with Crippen molar-refractivity contribution in [3.63, 3.8) is 0 Å². The van der Waals surface area contributed by atoms with E-state index in [-0.39, 0.29) is 12.2 Å². The lowest BCUT2D eigenvalue weighted by molar-refractivity contribution is -0.112. The molecule has 0 aliphatic rings. The number of carbonyl (C=O) groups is 2. The van der Waals surface area contributed by atoms with Crippen LogP contribution in [-0.2, 0) is 9.53 Å². The van der Waals surface area contributed by atoms with Crippen molar-refractivity contribution in [1.82, 2.24) is 0 Å². The van der Waals surface area contributed by atoms with Gasteiger partial charge in [-0.2, -0.15) is 5.26 Å². The second-order valence-corrected chi connectivity index (χ2v) is 8.21. The van der Waals surface area contributed by atoms with E-state index in [0.29, 0.717) is 27.1 Å². The third kappa shape index (κ3) is 5.05. The number of carbonyl (C=O) groups excluding carboxylic acids is 2. The first kappa shape index (κ1) is 22.3. The van der Waals surface area contributed by atoms with Gasteiger partial charge in [-0.05, 0) is 50.6 Å². The molecule has 0 bridgehead atoms. The summed E-state index contributed by atoms with van der Waals surface area (Å²) >= 11 is 7.27.